The van der Waals surface area contributed by atoms with Gasteiger partial charge in [-0.1, -0.05) is 31.7 Å². The van der Waals surface area contributed by atoms with Crippen molar-refractivity contribution in [1.29, 1.82) is 0 Å². The van der Waals surface area contributed by atoms with Gasteiger partial charge in [0.15, 0.2) is 10.9 Å². The fourth-order valence-electron chi connectivity index (χ4n) is 6.78. The van der Waals surface area contributed by atoms with E-state index < -0.39 is 17.3 Å². The van der Waals surface area contributed by atoms with Crippen molar-refractivity contribution < 1.29 is 19.1 Å². The number of thioether (sulfide) groups is 1. The number of ether oxygens (including phenoxy) is 2. The predicted octanol–water partition coefficient (Wildman–Crippen LogP) is 5.89. The lowest BCUT2D eigenvalue weighted by atomic mass is 9.65. The maximum absolute atomic E-state index is 12.7. The van der Waals surface area contributed by atoms with Crippen LogP contribution in [0.1, 0.15) is 92.4 Å². The number of rotatable bonds is 4. The van der Waals surface area contributed by atoms with Crippen molar-refractivity contribution in [2.75, 3.05) is 37.1 Å². The van der Waals surface area contributed by atoms with Gasteiger partial charge in [-0.05, 0) is 81.0 Å². The number of hydrogen-bond acceptors (Lipinski definition) is 9. The number of amides is 2. The van der Waals surface area contributed by atoms with Gasteiger partial charge in [-0.25, -0.2) is 14.8 Å². The molecule has 11 nitrogen and oxygen atoms in total. The van der Waals surface area contributed by atoms with Crippen LogP contribution >= 0.6 is 11.8 Å². The first-order valence-electron chi connectivity index (χ1n) is 15.9. The van der Waals surface area contributed by atoms with Gasteiger partial charge >= 0.3 is 6.09 Å². The zero-order chi connectivity index (χ0) is 33.0. The van der Waals surface area contributed by atoms with Crippen molar-refractivity contribution >= 4 is 35.3 Å². The Bertz CT molecular complexity index is 1680. The van der Waals surface area contributed by atoms with Crippen LogP contribution in [0.2, 0.25) is 0 Å². The molecule has 1 atom stereocenters. The van der Waals surface area contributed by atoms with Gasteiger partial charge in [0.25, 0.3) is 5.91 Å². The standard InChI is InChI=1S/C34H45N7O4S/c1-32(2,3)45-31(43)35-21-10-11-24-25(16-21)34(13-12-33(24,4)5)18-27-23(20-44-34)28(37-30(36-27)46-8)40-14-9-15-41-22(19-40)17-26(38-41)29(42)39(6)7/h10-11,16-17H,9,12-15,18-20H2,1-8H3,(H,35,43). The van der Waals surface area contributed by atoms with E-state index in [1.54, 1.807) is 19.0 Å². The number of nitrogens with zero attached hydrogens (tertiary/aromatic N) is 6. The van der Waals surface area contributed by atoms with Crippen molar-refractivity contribution in [2.45, 2.75) is 102 Å². The summed E-state index contributed by atoms with van der Waals surface area (Å²) in [6.45, 7) is 12.6. The quantitative estimate of drug-likeness (QED) is 0.273. The van der Waals surface area contributed by atoms with Crippen molar-refractivity contribution in [2.24, 2.45) is 0 Å². The average molecular weight is 648 g/mol. The first kappa shape index (κ1) is 32.3. The molecule has 4 heterocycles. The number of hydrogen-bond donors (Lipinski definition) is 1. The fraction of sp³-hybridized carbons (Fsp3) is 0.559. The van der Waals surface area contributed by atoms with Gasteiger partial charge in [-0.15, -0.1) is 0 Å². The molecule has 2 aromatic heterocycles. The molecule has 12 heteroatoms. The molecule has 0 bridgehead atoms. The number of aryl methyl sites for hydroxylation is 1. The third kappa shape index (κ3) is 6.21. The molecule has 46 heavy (non-hydrogen) atoms. The lowest BCUT2D eigenvalue weighted by Gasteiger charge is -2.47. The molecule has 2 amide bonds. The number of carbonyl (C=O) groups is 2. The highest BCUT2D eigenvalue weighted by molar-refractivity contribution is 7.98. The van der Waals surface area contributed by atoms with Crippen molar-refractivity contribution in [1.82, 2.24) is 24.6 Å². The maximum atomic E-state index is 12.7. The number of benzene rings is 1. The molecule has 6 rings (SSSR count). The summed E-state index contributed by atoms with van der Waals surface area (Å²) in [5.74, 6) is 0.784. The van der Waals surface area contributed by atoms with Crippen molar-refractivity contribution in [3.63, 3.8) is 0 Å². The maximum Gasteiger partial charge on any atom is 0.412 e. The second-order valence-electron chi connectivity index (χ2n) is 14.4. The Morgan fingerprint density at radius 1 is 1.09 bits per heavy atom. The average Bonchev–Trinajstić information content (AvgIpc) is 3.28. The zero-order valence-electron chi connectivity index (χ0n) is 28.2. The Morgan fingerprint density at radius 3 is 2.59 bits per heavy atom. The molecule has 246 valence electrons. The highest BCUT2D eigenvalue weighted by atomic mass is 32.2. The zero-order valence-corrected chi connectivity index (χ0v) is 29.0. The minimum Gasteiger partial charge on any atom is -0.444 e. The van der Waals surface area contributed by atoms with Crippen LogP contribution in [-0.4, -0.2) is 69.1 Å². The van der Waals surface area contributed by atoms with E-state index in [0.717, 1.165) is 65.8 Å². The monoisotopic (exact) mass is 647 g/mol. The first-order valence-corrected chi connectivity index (χ1v) is 17.2. The van der Waals surface area contributed by atoms with E-state index >= 15 is 0 Å². The van der Waals surface area contributed by atoms with Crippen LogP contribution < -0.4 is 10.2 Å². The fourth-order valence-corrected chi connectivity index (χ4v) is 7.16. The number of nitrogens with one attached hydrogen (secondary N) is 1. The van der Waals surface area contributed by atoms with E-state index in [9.17, 15) is 9.59 Å². The third-order valence-corrected chi connectivity index (χ3v) is 9.70. The first-order chi connectivity index (χ1) is 21.7. The van der Waals surface area contributed by atoms with E-state index in [1.165, 1.54) is 17.3 Å². The summed E-state index contributed by atoms with van der Waals surface area (Å²) in [6.07, 6.45) is 4.80. The smallest absolute Gasteiger partial charge is 0.412 e. The minimum absolute atomic E-state index is 0.0439. The molecule has 0 saturated heterocycles. The summed E-state index contributed by atoms with van der Waals surface area (Å²) in [5, 5.41) is 8.28. The Kier molecular flexibility index (Phi) is 8.33. The molecular weight excluding hydrogens is 602 g/mol. The molecule has 2 aliphatic heterocycles. The number of fused-ring (bicyclic) bond motifs is 4. The molecule has 1 unspecified atom stereocenters. The van der Waals surface area contributed by atoms with E-state index in [-0.39, 0.29) is 11.3 Å². The van der Waals surface area contributed by atoms with E-state index in [2.05, 4.69) is 41.3 Å². The highest BCUT2D eigenvalue weighted by Gasteiger charge is 2.47. The van der Waals surface area contributed by atoms with Crippen LogP contribution in [0.5, 0.6) is 0 Å². The molecule has 3 aliphatic rings. The molecule has 1 N–H and O–H groups in total. The molecule has 1 spiro atoms. The second-order valence-corrected chi connectivity index (χ2v) is 15.2. The Morgan fingerprint density at radius 2 is 1.87 bits per heavy atom. The third-order valence-electron chi connectivity index (χ3n) is 9.16. The van der Waals surface area contributed by atoms with Gasteiger partial charge in [0, 0.05) is 44.9 Å². The van der Waals surface area contributed by atoms with Crippen molar-refractivity contribution in [3.8, 4) is 0 Å². The van der Waals surface area contributed by atoms with Crippen LogP contribution in [0.4, 0.5) is 16.3 Å². The summed E-state index contributed by atoms with van der Waals surface area (Å²) in [5.41, 5.74) is 5.23. The van der Waals surface area contributed by atoms with E-state index in [0.29, 0.717) is 31.0 Å². The summed E-state index contributed by atoms with van der Waals surface area (Å²) < 4.78 is 14.4. The van der Waals surface area contributed by atoms with Gasteiger partial charge < -0.3 is 19.3 Å². The second kappa shape index (κ2) is 11.9. The van der Waals surface area contributed by atoms with Crippen LogP contribution in [0.15, 0.2) is 29.4 Å². The van der Waals surface area contributed by atoms with Crippen LogP contribution in [-0.2, 0) is 46.6 Å². The molecule has 3 aromatic rings. The highest BCUT2D eigenvalue weighted by Crippen LogP contribution is 2.51. The SMILES string of the molecule is CSc1nc2c(c(N3CCCn4nc(C(=O)N(C)C)cc4C3)n1)COC1(CCC(C)(C)c3ccc(NC(=O)OC(C)(C)C)cc31)C2. The van der Waals surface area contributed by atoms with Crippen LogP contribution in [0.25, 0.3) is 0 Å². The number of carbonyl (C=O) groups excluding carboxylic acids is 2. The largest absolute Gasteiger partial charge is 0.444 e. The van der Waals surface area contributed by atoms with Gasteiger partial charge in [-0.2, -0.15) is 5.10 Å². The van der Waals surface area contributed by atoms with Gasteiger partial charge in [0.05, 0.1) is 30.1 Å². The van der Waals surface area contributed by atoms with Crippen molar-refractivity contribution in [3.05, 3.63) is 58.0 Å². The number of aromatic nitrogens is 4. The Labute approximate surface area is 275 Å². The van der Waals surface area contributed by atoms with Crippen LogP contribution in [0, 0.1) is 0 Å². The summed E-state index contributed by atoms with van der Waals surface area (Å²) in [4.78, 5) is 39.2. The lowest BCUT2D eigenvalue weighted by molar-refractivity contribution is -0.0906. The van der Waals surface area contributed by atoms with Crippen LogP contribution in [0.3, 0.4) is 0 Å². The molecule has 1 aliphatic carbocycles. The summed E-state index contributed by atoms with van der Waals surface area (Å²) in [6, 6.07) is 8.04. The normalized spacial score (nSPS) is 20.3. The minimum atomic E-state index is -0.594. The van der Waals surface area contributed by atoms with E-state index in [4.69, 9.17) is 19.4 Å². The van der Waals surface area contributed by atoms with Gasteiger partial charge in [0.1, 0.15) is 11.4 Å². The number of anilines is 2. The van der Waals surface area contributed by atoms with E-state index in [1.807, 2.05) is 43.8 Å². The predicted molar refractivity (Wildman–Crippen MR) is 178 cm³/mol. The topological polar surface area (TPSA) is 115 Å². The van der Waals surface area contributed by atoms with Gasteiger partial charge in [0.2, 0.25) is 0 Å². The molecule has 0 fully saturated rings. The summed E-state index contributed by atoms with van der Waals surface area (Å²) >= 11 is 1.54. The molecular formula is C34H45N7O4S. The molecule has 0 radical (unpaired) electrons. The van der Waals surface area contributed by atoms with Gasteiger partial charge in [-0.3, -0.25) is 14.8 Å². The summed E-state index contributed by atoms with van der Waals surface area (Å²) in [7, 11) is 3.49. The molecule has 0 saturated carbocycles. The Balaban J connectivity index is 1.35. The molecule has 1 aromatic carbocycles. The Hall–Kier alpha value is -3.64. The lowest BCUT2D eigenvalue weighted by Crippen LogP contribution is -2.44.